The molecular weight excluding hydrogens is 466 g/mol. The van der Waals surface area contributed by atoms with Gasteiger partial charge in [-0.2, -0.15) is 0 Å². The molecule has 1 atom stereocenters. The average Bonchev–Trinajstić information content (AvgIpc) is 3.06. The number of piperidine rings is 2. The molecule has 3 aliphatic heterocycles. The Hall–Kier alpha value is -3.87. The fourth-order valence-electron chi connectivity index (χ4n) is 4.38. The van der Waals surface area contributed by atoms with Gasteiger partial charge in [0, 0.05) is 25.4 Å². The van der Waals surface area contributed by atoms with E-state index in [0.29, 0.717) is 18.8 Å². The highest BCUT2D eigenvalue weighted by Crippen LogP contribution is 2.30. The maximum absolute atomic E-state index is 12.9. The molecule has 1 N–H and O–H groups in total. The van der Waals surface area contributed by atoms with Crippen LogP contribution in [0.5, 0.6) is 5.75 Å². The summed E-state index contributed by atoms with van der Waals surface area (Å²) in [5.74, 6) is 4.48. The van der Waals surface area contributed by atoms with E-state index < -0.39 is 35.3 Å². The molecular formula is C26H29N3O7. The van der Waals surface area contributed by atoms with E-state index in [1.807, 2.05) is 20.8 Å². The number of nitrogens with zero attached hydrogens (tertiary/aromatic N) is 2. The monoisotopic (exact) mass is 495 g/mol. The Bertz CT molecular complexity index is 1170. The Morgan fingerprint density at radius 3 is 2.42 bits per heavy atom. The summed E-state index contributed by atoms with van der Waals surface area (Å²) < 4.78 is 11.1. The van der Waals surface area contributed by atoms with Gasteiger partial charge >= 0.3 is 6.09 Å². The molecule has 3 aliphatic rings. The summed E-state index contributed by atoms with van der Waals surface area (Å²) in [5, 5.41) is 2.17. The van der Waals surface area contributed by atoms with E-state index in [2.05, 4.69) is 17.2 Å². The number of hydrogen-bond donors (Lipinski definition) is 1. The van der Waals surface area contributed by atoms with Crippen LogP contribution in [0.1, 0.15) is 67.2 Å². The van der Waals surface area contributed by atoms with Gasteiger partial charge in [-0.3, -0.25) is 29.4 Å². The molecule has 0 spiro atoms. The van der Waals surface area contributed by atoms with Gasteiger partial charge < -0.3 is 14.4 Å². The van der Waals surface area contributed by atoms with Crippen LogP contribution in [0.25, 0.3) is 0 Å². The second-order valence-electron chi connectivity index (χ2n) is 10.0. The van der Waals surface area contributed by atoms with Gasteiger partial charge in [-0.15, -0.1) is 0 Å². The zero-order chi connectivity index (χ0) is 26.0. The van der Waals surface area contributed by atoms with Gasteiger partial charge in [-0.05, 0) is 58.2 Å². The van der Waals surface area contributed by atoms with Crippen LogP contribution in [0, 0.1) is 17.8 Å². The summed E-state index contributed by atoms with van der Waals surface area (Å²) in [7, 11) is 0. The van der Waals surface area contributed by atoms with E-state index in [0.717, 1.165) is 17.7 Å². The molecule has 5 amide bonds. The van der Waals surface area contributed by atoms with Crippen LogP contribution < -0.4 is 10.1 Å². The quantitative estimate of drug-likeness (QED) is 0.503. The molecule has 0 bridgehead atoms. The second kappa shape index (κ2) is 10.0. The summed E-state index contributed by atoms with van der Waals surface area (Å²) in [6, 6.07) is 3.55. The highest BCUT2D eigenvalue weighted by atomic mass is 16.6. The average molecular weight is 496 g/mol. The highest BCUT2D eigenvalue weighted by Gasteiger charge is 2.44. The number of amides is 5. The minimum Gasteiger partial charge on any atom is -0.481 e. The highest BCUT2D eigenvalue weighted by molar-refractivity contribution is 6.23. The van der Waals surface area contributed by atoms with E-state index in [-0.39, 0.29) is 42.6 Å². The third kappa shape index (κ3) is 5.51. The maximum atomic E-state index is 12.9. The lowest BCUT2D eigenvalue weighted by molar-refractivity contribution is -0.136. The van der Waals surface area contributed by atoms with Crippen molar-refractivity contribution in [3.63, 3.8) is 0 Å². The molecule has 1 unspecified atom stereocenters. The van der Waals surface area contributed by atoms with Crippen LogP contribution in [0.15, 0.2) is 18.2 Å². The molecule has 0 radical (unpaired) electrons. The molecule has 1 aromatic rings. The Labute approximate surface area is 209 Å². The summed E-state index contributed by atoms with van der Waals surface area (Å²) in [4.78, 5) is 64.0. The van der Waals surface area contributed by atoms with Gasteiger partial charge in [0.15, 0.2) is 0 Å². The number of likely N-dealkylation sites (tertiary alicyclic amines) is 1. The summed E-state index contributed by atoms with van der Waals surface area (Å²) in [6.07, 6.45) is 1.36. The lowest BCUT2D eigenvalue weighted by Gasteiger charge is -2.31. The largest absolute Gasteiger partial charge is 0.481 e. The lowest BCUT2D eigenvalue weighted by Crippen LogP contribution is -2.54. The SMILES string of the molecule is CC(C)(C)OC(=O)N1CCC(C#CCOc2ccc3c(c2)C(=O)N(C2CCC(=O)NC2=O)C3=O)CC1. The number of carbonyl (C=O) groups is 5. The number of carbonyl (C=O) groups excluding carboxylic acids is 5. The number of ether oxygens (including phenoxy) is 2. The normalized spacial score (nSPS) is 20.5. The van der Waals surface area contributed by atoms with Crippen LogP contribution in [-0.4, -0.2) is 70.9 Å². The third-order valence-electron chi connectivity index (χ3n) is 6.18. The molecule has 4 rings (SSSR count). The van der Waals surface area contributed by atoms with Crippen LogP contribution in [0.3, 0.4) is 0 Å². The van der Waals surface area contributed by atoms with Crippen molar-refractivity contribution < 1.29 is 33.4 Å². The van der Waals surface area contributed by atoms with E-state index in [1.54, 1.807) is 11.0 Å². The first kappa shape index (κ1) is 25.2. The van der Waals surface area contributed by atoms with Gasteiger partial charge in [-0.1, -0.05) is 11.8 Å². The van der Waals surface area contributed by atoms with Gasteiger partial charge in [-0.25, -0.2) is 4.79 Å². The van der Waals surface area contributed by atoms with Crippen molar-refractivity contribution in [3.8, 4) is 17.6 Å². The Morgan fingerprint density at radius 2 is 1.75 bits per heavy atom. The maximum Gasteiger partial charge on any atom is 0.410 e. The topological polar surface area (TPSA) is 122 Å². The van der Waals surface area contributed by atoms with Crippen molar-refractivity contribution in [2.75, 3.05) is 19.7 Å². The van der Waals surface area contributed by atoms with Crippen LogP contribution in [-0.2, 0) is 14.3 Å². The lowest BCUT2D eigenvalue weighted by atomic mass is 9.98. The number of imide groups is 2. The Kier molecular flexibility index (Phi) is 7.02. The number of fused-ring (bicyclic) bond motifs is 1. The van der Waals surface area contributed by atoms with Crippen LogP contribution in [0.2, 0.25) is 0 Å². The molecule has 3 heterocycles. The molecule has 2 saturated heterocycles. The Balaban J connectivity index is 1.30. The van der Waals surface area contributed by atoms with Crippen molar-refractivity contribution in [1.82, 2.24) is 15.1 Å². The molecule has 0 aliphatic carbocycles. The fourth-order valence-corrected chi connectivity index (χ4v) is 4.38. The molecule has 0 saturated carbocycles. The molecule has 36 heavy (non-hydrogen) atoms. The van der Waals surface area contributed by atoms with Crippen LogP contribution >= 0.6 is 0 Å². The van der Waals surface area contributed by atoms with Gasteiger partial charge in [0.1, 0.15) is 24.0 Å². The summed E-state index contributed by atoms with van der Waals surface area (Å²) in [5.41, 5.74) is -0.173. The molecule has 10 nitrogen and oxygen atoms in total. The first-order valence-electron chi connectivity index (χ1n) is 12.0. The Morgan fingerprint density at radius 1 is 1.06 bits per heavy atom. The predicted molar refractivity (Wildman–Crippen MR) is 127 cm³/mol. The van der Waals surface area contributed by atoms with Gasteiger partial charge in [0.25, 0.3) is 11.8 Å². The number of benzene rings is 1. The second-order valence-corrected chi connectivity index (χ2v) is 10.0. The zero-order valence-electron chi connectivity index (χ0n) is 20.6. The van der Waals surface area contributed by atoms with Crippen molar-refractivity contribution >= 4 is 29.7 Å². The van der Waals surface area contributed by atoms with Crippen LogP contribution in [0.4, 0.5) is 4.79 Å². The molecule has 2 fully saturated rings. The number of hydrogen-bond acceptors (Lipinski definition) is 7. The predicted octanol–water partition coefficient (Wildman–Crippen LogP) is 2.12. The minimum absolute atomic E-state index is 0.0663. The minimum atomic E-state index is -1.01. The zero-order valence-corrected chi connectivity index (χ0v) is 20.6. The van der Waals surface area contributed by atoms with Crippen molar-refractivity contribution in [3.05, 3.63) is 29.3 Å². The first-order chi connectivity index (χ1) is 17.0. The van der Waals surface area contributed by atoms with E-state index in [9.17, 15) is 24.0 Å². The summed E-state index contributed by atoms with van der Waals surface area (Å²) >= 11 is 0. The number of nitrogens with one attached hydrogen (secondary N) is 1. The fraction of sp³-hybridized carbons (Fsp3) is 0.500. The standard InChI is InChI=1S/C26H29N3O7/c1-26(2,3)36-25(34)28-12-10-16(11-13-28)5-4-14-35-17-6-7-18-19(15-17)24(33)29(23(18)32)20-8-9-21(30)27-22(20)31/h6-7,15-16,20H,8-14H2,1-3H3,(H,27,30,31). The number of rotatable bonds is 3. The van der Waals surface area contributed by atoms with E-state index in [4.69, 9.17) is 9.47 Å². The van der Waals surface area contributed by atoms with Crippen molar-refractivity contribution in [2.45, 2.75) is 58.1 Å². The van der Waals surface area contributed by atoms with Crippen molar-refractivity contribution in [2.24, 2.45) is 5.92 Å². The van der Waals surface area contributed by atoms with Crippen molar-refractivity contribution in [1.29, 1.82) is 0 Å². The van der Waals surface area contributed by atoms with Gasteiger partial charge in [0.2, 0.25) is 11.8 Å². The molecule has 1 aromatic carbocycles. The summed E-state index contributed by atoms with van der Waals surface area (Å²) in [6.45, 7) is 6.79. The smallest absolute Gasteiger partial charge is 0.410 e. The molecule has 10 heteroatoms. The first-order valence-corrected chi connectivity index (χ1v) is 12.0. The molecule has 0 aromatic heterocycles. The van der Waals surface area contributed by atoms with Gasteiger partial charge in [0.05, 0.1) is 11.1 Å². The van der Waals surface area contributed by atoms with E-state index >= 15 is 0 Å². The molecule has 190 valence electrons. The van der Waals surface area contributed by atoms with E-state index in [1.165, 1.54) is 12.1 Å². The third-order valence-corrected chi connectivity index (χ3v) is 6.18.